The number of nitrogens with one attached hydrogen (secondary N) is 3. The Balaban J connectivity index is 1.95. The molecule has 0 fully saturated rings. The number of nitriles is 1. The van der Waals surface area contributed by atoms with Crippen molar-refractivity contribution in [2.24, 2.45) is 0 Å². The minimum Gasteiger partial charge on any atom is -0.390 e. The third kappa shape index (κ3) is 5.01. The van der Waals surface area contributed by atoms with Crippen LogP contribution >= 0.6 is 0 Å². The van der Waals surface area contributed by atoms with E-state index in [-0.39, 0.29) is 52.7 Å². The lowest BCUT2D eigenvalue weighted by Crippen LogP contribution is -3.21. The number of nitrogens with zero attached hydrogens (tertiary/aromatic N) is 2. The van der Waals surface area contributed by atoms with E-state index >= 15 is 0 Å². The van der Waals surface area contributed by atoms with E-state index in [2.05, 4.69) is 10.7 Å². The summed E-state index contributed by atoms with van der Waals surface area (Å²) in [5.41, 5.74) is 1.49. The largest absolute Gasteiger partial charge is 0.416 e. The summed E-state index contributed by atoms with van der Waals surface area (Å²) in [4.78, 5) is 27.3. The Morgan fingerprint density at radius 1 is 1.22 bits per heavy atom. The molecule has 2 atom stereocenters. The molecule has 0 bridgehead atoms. The van der Waals surface area contributed by atoms with Gasteiger partial charge in [-0.3, -0.25) is 9.69 Å². The van der Waals surface area contributed by atoms with E-state index in [0.29, 0.717) is 5.01 Å². The second kappa shape index (κ2) is 9.51. The Morgan fingerprint density at radius 2 is 1.95 bits per heavy atom. The van der Waals surface area contributed by atoms with Crippen LogP contribution in [0.4, 0.5) is 23.7 Å². The number of aliphatic hydroxyl groups is 1. The number of aliphatic hydroxyl groups excluding tert-OH is 1. The summed E-state index contributed by atoms with van der Waals surface area (Å²) in [7, 11) is -3.93. The molecule has 14 heteroatoms. The van der Waals surface area contributed by atoms with Crippen LogP contribution < -0.4 is 20.7 Å². The molecule has 2 unspecified atom stereocenters. The van der Waals surface area contributed by atoms with Gasteiger partial charge in [0.2, 0.25) is 0 Å². The maximum atomic E-state index is 13.4. The topological polar surface area (TPSA) is 144 Å². The summed E-state index contributed by atoms with van der Waals surface area (Å²) in [5, 5.41) is 21.5. The number of urea groups is 1. The van der Waals surface area contributed by atoms with E-state index in [9.17, 15) is 41.5 Å². The normalized spacial score (nSPS) is 20.2. The number of quaternary nitrogens is 1. The van der Waals surface area contributed by atoms with Crippen molar-refractivity contribution in [3.63, 3.8) is 0 Å². The highest BCUT2D eigenvalue weighted by Crippen LogP contribution is 2.38. The van der Waals surface area contributed by atoms with Gasteiger partial charge in [0.1, 0.15) is 13.1 Å². The molecular formula is C23H21F3N5O5S+. The van der Waals surface area contributed by atoms with Gasteiger partial charge in [-0.1, -0.05) is 12.1 Å². The Morgan fingerprint density at radius 3 is 2.57 bits per heavy atom. The fraction of sp³-hybridized carbons (Fsp3) is 0.261. The molecule has 2 aliphatic heterocycles. The zero-order valence-corrected chi connectivity index (χ0v) is 20.1. The van der Waals surface area contributed by atoms with Gasteiger partial charge < -0.3 is 10.4 Å². The second-order valence-corrected chi connectivity index (χ2v) is 10.5. The number of alkyl halides is 3. The number of anilines is 1. The zero-order chi connectivity index (χ0) is 27.1. The van der Waals surface area contributed by atoms with E-state index < -0.39 is 39.6 Å². The first-order chi connectivity index (χ1) is 17.3. The van der Waals surface area contributed by atoms with Gasteiger partial charge in [-0.05, 0) is 35.9 Å². The highest BCUT2D eigenvalue weighted by atomic mass is 32.2. The number of halogens is 3. The van der Waals surface area contributed by atoms with Crippen LogP contribution in [0, 0.1) is 11.3 Å². The van der Waals surface area contributed by atoms with Crippen LogP contribution in [0.25, 0.3) is 0 Å². The maximum Gasteiger partial charge on any atom is 0.416 e. The molecular weight excluding hydrogens is 515 g/mol. The number of rotatable bonds is 5. The van der Waals surface area contributed by atoms with Gasteiger partial charge >= 0.3 is 12.2 Å². The minimum absolute atomic E-state index is 0.0202. The van der Waals surface area contributed by atoms with Crippen LogP contribution in [0.2, 0.25) is 0 Å². The fourth-order valence-corrected chi connectivity index (χ4v) is 5.31. The smallest absolute Gasteiger partial charge is 0.390 e. The Kier molecular flexibility index (Phi) is 6.72. The molecule has 0 saturated heterocycles. The lowest BCUT2D eigenvalue weighted by Gasteiger charge is -2.40. The predicted octanol–water partition coefficient (Wildman–Crippen LogP) is 0.428. The first-order valence-electron chi connectivity index (χ1n) is 10.9. The molecule has 194 valence electrons. The lowest BCUT2D eigenvalue weighted by molar-refractivity contribution is -0.933. The van der Waals surface area contributed by atoms with E-state index in [0.717, 1.165) is 35.4 Å². The average Bonchev–Trinajstić information content (AvgIpc) is 2.82. The molecule has 2 aromatic carbocycles. The third-order valence-electron chi connectivity index (χ3n) is 5.95. The van der Waals surface area contributed by atoms with Crippen LogP contribution in [-0.4, -0.2) is 51.4 Å². The number of sulfone groups is 1. The summed E-state index contributed by atoms with van der Waals surface area (Å²) < 4.78 is 65.3. The number of hydrogen-bond donors (Lipinski definition) is 4. The molecule has 3 amide bonds. The highest BCUT2D eigenvalue weighted by molar-refractivity contribution is 7.90. The van der Waals surface area contributed by atoms with E-state index in [1.807, 2.05) is 6.07 Å². The van der Waals surface area contributed by atoms with Gasteiger partial charge in [-0.25, -0.2) is 18.2 Å². The van der Waals surface area contributed by atoms with Crippen molar-refractivity contribution in [2.75, 3.05) is 30.9 Å². The molecule has 2 heterocycles. The monoisotopic (exact) mass is 536 g/mol. The molecule has 0 spiro atoms. The van der Waals surface area contributed by atoms with Gasteiger partial charge in [0.05, 0.1) is 51.7 Å². The van der Waals surface area contributed by atoms with Crippen LogP contribution in [-0.2, 0) is 20.8 Å². The SMILES string of the molecule is CS(=O)(=O)c1cc(C#N)ccc1C1NC(=O)N(c2cccc(C(F)(F)F)c2)C2=C1C(=O)N[NH+](CCO)C2. The summed E-state index contributed by atoms with van der Waals surface area (Å²) in [6.45, 7) is -0.381. The molecule has 37 heavy (non-hydrogen) atoms. The van der Waals surface area contributed by atoms with Crippen LogP contribution in [0.15, 0.2) is 58.6 Å². The van der Waals surface area contributed by atoms with Gasteiger partial charge in [0.25, 0.3) is 5.91 Å². The summed E-state index contributed by atoms with van der Waals surface area (Å²) in [5.74, 6) is -0.713. The van der Waals surface area contributed by atoms with Crippen LogP contribution in [0.5, 0.6) is 0 Å². The average molecular weight is 537 g/mol. The molecule has 4 N–H and O–H groups in total. The van der Waals surface area contributed by atoms with Gasteiger partial charge in [-0.2, -0.15) is 23.9 Å². The summed E-state index contributed by atoms with van der Waals surface area (Å²) >= 11 is 0. The zero-order valence-electron chi connectivity index (χ0n) is 19.3. The van der Waals surface area contributed by atoms with Crippen molar-refractivity contribution in [1.29, 1.82) is 5.26 Å². The van der Waals surface area contributed by atoms with Gasteiger partial charge in [0.15, 0.2) is 9.84 Å². The summed E-state index contributed by atoms with van der Waals surface area (Å²) in [6.07, 6.45) is -3.77. The predicted molar refractivity (Wildman–Crippen MR) is 122 cm³/mol. The van der Waals surface area contributed by atoms with E-state index in [4.69, 9.17) is 0 Å². The summed E-state index contributed by atoms with van der Waals surface area (Å²) in [6, 6.07) is 7.46. The molecule has 0 aromatic heterocycles. The Bertz CT molecular complexity index is 1470. The van der Waals surface area contributed by atoms with Gasteiger partial charge in [-0.15, -0.1) is 0 Å². The molecule has 0 aliphatic carbocycles. The molecule has 10 nitrogen and oxygen atoms in total. The van der Waals surface area contributed by atoms with Crippen LogP contribution in [0.1, 0.15) is 22.7 Å². The first-order valence-corrected chi connectivity index (χ1v) is 12.8. The standard InChI is InChI=1S/C23H20F3N5O5S/c1-37(35,36)18-9-13(11-27)5-6-16(18)20-19-17(12-30(7-8-32)29-21(19)33)31(22(34)28-20)15-4-2-3-14(10-15)23(24,25)26/h2-6,9-10,20,32H,7-8,12H2,1H3,(H,28,34)(H,29,33)/p+1. The third-order valence-corrected chi connectivity index (χ3v) is 7.11. The molecule has 2 aliphatic rings. The Hall–Kier alpha value is -3.93. The van der Waals surface area contributed by atoms with Crippen molar-refractivity contribution < 1.29 is 41.3 Å². The van der Waals surface area contributed by atoms with Crippen molar-refractivity contribution in [3.05, 3.63) is 70.4 Å². The number of amides is 3. The highest BCUT2D eigenvalue weighted by Gasteiger charge is 2.45. The van der Waals surface area contributed by atoms with Gasteiger partial charge in [0, 0.05) is 6.26 Å². The number of hydrogen-bond acceptors (Lipinski definition) is 6. The van der Waals surface area contributed by atoms with Crippen molar-refractivity contribution >= 4 is 27.5 Å². The van der Waals surface area contributed by atoms with E-state index in [1.165, 1.54) is 18.2 Å². The number of benzene rings is 2. The van der Waals surface area contributed by atoms with Crippen molar-refractivity contribution in [1.82, 2.24) is 10.7 Å². The van der Waals surface area contributed by atoms with E-state index in [1.54, 1.807) is 0 Å². The van der Waals surface area contributed by atoms with Crippen molar-refractivity contribution in [3.8, 4) is 6.07 Å². The fourth-order valence-electron chi connectivity index (χ4n) is 4.36. The lowest BCUT2D eigenvalue weighted by atomic mass is 9.92. The first kappa shape index (κ1) is 26.1. The van der Waals surface area contributed by atoms with Crippen molar-refractivity contribution in [2.45, 2.75) is 17.1 Å². The molecule has 0 saturated carbocycles. The molecule has 0 radical (unpaired) electrons. The number of carbonyl (C=O) groups excluding carboxylic acids is 2. The molecule has 4 rings (SSSR count). The number of carbonyl (C=O) groups is 2. The minimum atomic E-state index is -4.69. The molecule has 2 aromatic rings. The Labute approximate surface area is 209 Å². The second-order valence-electron chi connectivity index (χ2n) is 8.47. The quantitative estimate of drug-likeness (QED) is 0.436. The van der Waals surface area contributed by atoms with Crippen LogP contribution in [0.3, 0.4) is 0 Å². The maximum absolute atomic E-state index is 13.4.